The highest BCUT2D eigenvalue weighted by molar-refractivity contribution is 5.67. The molecule has 1 atom stereocenters. The molecule has 15 heavy (non-hydrogen) atoms. The average Bonchev–Trinajstić information content (AvgIpc) is 2.53. The van der Waals surface area contributed by atoms with Crippen LogP contribution in [0, 0.1) is 0 Å². The van der Waals surface area contributed by atoms with Gasteiger partial charge in [0.05, 0.1) is 12.5 Å². The predicted octanol–water partition coefficient (Wildman–Crippen LogP) is 0.282. The molecule has 1 unspecified atom stereocenters. The quantitative estimate of drug-likeness (QED) is 0.633. The van der Waals surface area contributed by atoms with Gasteiger partial charge in [0.2, 0.25) is 0 Å². The molecule has 0 radical (unpaired) electrons. The minimum absolute atomic E-state index is 0.211. The molecule has 0 aliphatic rings. The van der Waals surface area contributed by atoms with E-state index in [2.05, 4.69) is 4.98 Å². The number of aromatic nitrogens is 1. The lowest BCUT2D eigenvalue weighted by atomic mass is 10.2. The number of rotatable bonds is 6. The number of aromatic amines is 1. The number of aliphatic carboxylic acids is 1. The first kappa shape index (κ1) is 11.7. The first-order chi connectivity index (χ1) is 7.08. The van der Waals surface area contributed by atoms with Crippen molar-refractivity contribution in [2.45, 2.75) is 19.1 Å². The maximum Gasteiger partial charge on any atom is 0.306 e. The summed E-state index contributed by atoms with van der Waals surface area (Å²) in [5.41, 5.74) is 1.11. The fourth-order valence-corrected chi connectivity index (χ4v) is 1.46. The van der Waals surface area contributed by atoms with Crippen LogP contribution in [-0.4, -0.2) is 45.8 Å². The van der Waals surface area contributed by atoms with Crippen molar-refractivity contribution in [3.63, 3.8) is 0 Å². The minimum atomic E-state index is -0.974. The number of H-pyrrole nitrogens is 1. The Bertz CT molecular complexity index is 298. The molecule has 0 aliphatic heterocycles. The van der Waals surface area contributed by atoms with E-state index in [0.29, 0.717) is 13.1 Å². The molecule has 1 heterocycles. The fraction of sp³-hybridized carbons (Fsp3) is 0.500. The number of carboxylic acid groups (broad SMARTS) is 1. The van der Waals surface area contributed by atoms with Gasteiger partial charge in [-0.15, -0.1) is 0 Å². The summed E-state index contributed by atoms with van der Waals surface area (Å²) >= 11 is 0. The Kier molecular flexibility index (Phi) is 4.33. The smallest absolute Gasteiger partial charge is 0.306 e. The molecule has 0 fully saturated rings. The molecule has 0 aromatic carbocycles. The van der Waals surface area contributed by atoms with Gasteiger partial charge in [0.25, 0.3) is 0 Å². The molecule has 0 saturated carbocycles. The SMILES string of the molecule is CN(Cc1cc[nH]c1)CC(O)CC(=O)O. The van der Waals surface area contributed by atoms with Crippen molar-refractivity contribution in [2.24, 2.45) is 0 Å². The van der Waals surface area contributed by atoms with Crippen LogP contribution < -0.4 is 0 Å². The third kappa shape index (κ3) is 4.62. The number of aliphatic hydroxyl groups is 1. The predicted molar refractivity (Wildman–Crippen MR) is 55.4 cm³/mol. The standard InChI is InChI=1S/C10H16N2O3/c1-12(6-8-2-3-11-5-8)7-9(13)4-10(14)15/h2-3,5,9,11,13H,4,6-7H2,1H3,(H,14,15). The summed E-state index contributed by atoms with van der Waals surface area (Å²) in [6.07, 6.45) is 2.68. The zero-order valence-corrected chi connectivity index (χ0v) is 8.68. The van der Waals surface area contributed by atoms with E-state index in [9.17, 15) is 9.90 Å². The summed E-state index contributed by atoms with van der Waals surface area (Å²) < 4.78 is 0. The van der Waals surface area contributed by atoms with Crippen molar-refractivity contribution < 1.29 is 15.0 Å². The van der Waals surface area contributed by atoms with Gasteiger partial charge in [-0.25, -0.2) is 0 Å². The number of hydrogen-bond donors (Lipinski definition) is 3. The molecule has 1 aromatic heterocycles. The summed E-state index contributed by atoms with van der Waals surface area (Å²) in [5.74, 6) is -0.974. The van der Waals surface area contributed by atoms with E-state index in [1.54, 1.807) is 0 Å². The van der Waals surface area contributed by atoms with E-state index in [1.165, 1.54) is 0 Å². The number of nitrogens with one attached hydrogen (secondary N) is 1. The van der Waals surface area contributed by atoms with E-state index in [1.807, 2.05) is 30.4 Å². The summed E-state index contributed by atoms with van der Waals surface area (Å²) in [5, 5.41) is 17.9. The normalized spacial score (nSPS) is 13.0. The lowest BCUT2D eigenvalue weighted by Crippen LogP contribution is -2.30. The van der Waals surface area contributed by atoms with Gasteiger partial charge in [-0.1, -0.05) is 0 Å². The monoisotopic (exact) mass is 212 g/mol. The van der Waals surface area contributed by atoms with Crippen molar-refractivity contribution in [3.8, 4) is 0 Å². The molecule has 5 nitrogen and oxygen atoms in total. The second kappa shape index (κ2) is 5.53. The molecule has 3 N–H and O–H groups in total. The third-order valence-electron chi connectivity index (χ3n) is 2.05. The van der Waals surface area contributed by atoms with Gasteiger partial charge in [0, 0.05) is 25.5 Å². The van der Waals surface area contributed by atoms with Crippen molar-refractivity contribution in [1.82, 2.24) is 9.88 Å². The van der Waals surface area contributed by atoms with Crippen LogP contribution >= 0.6 is 0 Å². The Morgan fingerprint density at radius 1 is 1.67 bits per heavy atom. The number of carbonyl (C=O) groups is 1. The minimum Gasteiger partial charge on any atom is -0.481 e. The van der Waals surface area contributed by atoms with Gasteiger partial charge in [-0.05, 0) is 18.7 Å². The van der Waals surface area contributed by atoms with E-state index in [-0.39, 0.29) is 6.42 Å². The lowest BCUT2D eigenvalue weighted by Gasteiger charge is -2.18. The highest BCUT2D eigenvalue weighted by Gasteiger charge is 2.12. The van der Waals surface area contributed by atoms with Crippen molar-refractivity contribution >= 4 is 5.97 Å². The zero-order valence-electron chi connectivity index (χ0n) is 8.68. The molecular formula is C10H16N2O3. The lowest BCUT2D eigenvalue weighted by molar-refractivity contribution is -0.139. The highest BCUT2D eigenvalue weighted by Crippen LogP contribution is 2.03. The van der Waals surface area contributed by atoms with Crippen LogP contribution in [0.25, 0.3) is 0 Å². The van der Waals surface area contributed by atoms with E-state index >= 15 is 0 Å². The Hall–Kier alpha value is -1.33. The van der Waals surface area contributed by atoms with Crippen molar-refractivity contribution in [1.29, 1.82) is 0 Å². The van der Waals surface area contributed by atoms with Gasteiger partial charge in [0.1, 0.15) is 0 Å². The first-order valence-electron chi connectivity index (χ1n) is 4.78. The number of nitrogens with zero attached hydrogens (tertiary/aromatic N) is 1. The van der Waals surface area contributed by atoms with Gasteiger partial charge >= 0.3 is 5.97 Å². The summed E-state index contributed by atoms with van der Waals surface area (Å²) in [6, 6.07) is 1.94. The number of hydrogen-bond acceptors (Lipinski definition) is 3. The first-order valence-corrected chi connectivity index (χ1v) is 4.78. The van der Waals surface area contributed by atoms with Crippen LogP contribution in [0.1, 0.15) is 12.0 Å². The van der Waals surface area contributed by atoms with E-state index < -0.39 is 12.1 Å². The Morgan fingerprint density at radius 3 is 2.93 bits per heavy atom. The number of carboxylic acids is 1. The van der Waals surface area contributed by atoms with Gasteiger partial charge in [-0.3, -0.25) is 9.69 Å². The van der Waals surface area contributed by atoms with Crippen LogP contribution in [0.15, 0.2) is 18.5 Å². The van der Waals surface area contributed by atoms with Crippen LogP contribution in [0.4, 0.5) is 0 Å². The molecule has 1 rings (SSSR count). The Balaban J connectivity index is 2.29. The zero-order chi connectivity index (χ0) is 11.3. The molecule has 0 spiro atoms. The van der Waals surface area contributed by atoms with Gasteiger partial charge in [0.15, 0.2) is 0 Å². The fourth-order valence-electron chi connectivity index (χ4n) is 1.46. The molecule has 5 heteroatoms. The highest BCUT2D eigenvalue weighted by atomic mass is 16.4. The van der Waals surface area contributed by atoms with Crippen molar-refractivity contribution in [2.75, 3.05) is 13.6 Å². The van der Waals surface area contributed by atoms with E-state index in [0.717, 1.165) is 5.56 Å². The molecule has 84 valence electrons. The van der Waals surface area contributed by atoms with Crippen LogP contribution in [0.3, 0.4) is 0 Å². The Labute approximate surface area is 88.3 Å². The third-order valence-corrected chi connectivity index (χ3v) is 2.05. The Morgan fingerprint density at radius 2 is 2.40 bits per heavy atom. The molecule has 0 bridgehead atoms. The van der Waals surface area contributed by atoms with Gasteiger partial charge in [-0.2, -0.15) is 0 Å². The molecule has 0 aliphatic carbocycles. The number of likely N-dealkylation sites (N-methyl/N-ethyl adjacent to an activating group) is 1. The topological polar surface area (TPSA) is 76.6 Å². The second-order valence-electron chi connectivity index (χ2n) is 3.67. The molecule has 1 aromatic rings. The summed E-state index contributed by atoms with van der Waals surface area (Å²) in [4.78, 5) is 15.1. The van der Waals surface area contributed by atoms with Crippen LogP contribution in [0.2, 0.25) is 0 Å². The van der Waals surface area contributed by atoms with Crippen LogP contribution in [0.5, 0.6) is 0 Å². The van der Waals surface area contributed by atoms with Crippen LogP contribution in [-0.2, 0) is 11.3 Å². The second-order valence-corrected chi connectivity index (χ2v) is 3.67. The molecular weight excluding hydrogens is 196 g/mol. The van der Waals surface area contributed by atoms with Crippen molar-refractivity contribution in [3.05, 3.63) is 24.0 Å². The maximum absolute atomic E-state index is 10.3. The van der Waals surface area contributed by atoms with Gasteiger partial charge < -0.3 is 15.2 Å². The molecule has 0 amide bonds. The summed E-state index contributed by atoms with van der Waals surface area (Å²) in [6.45, 7) is 1.05. The summed E-state index contributed by atoms with van der Waals surface area (Å²) in [7, 11) is 1.85. The number of aliphatic hydroxyl groups excluding tert-OH is 1. The molecule has 0 saturated heterocycles. The average molecular weight is 212 g/mol. The maximum atomic E-state index is 10.3. The van der Waals surface area contributed by atoms with E-state index in [4.69, 9.17) is 5.11 Å². The largest absolute Gasteiger partial charge is 0.481 e.